The van der Waals surface area contributed by atoms with E-state index < -0.39 is 0 Å². The number of hydrogen-bond donors (Lipinski definition) is 2. The standard InChI is InChI=1S/C18H27N3OS/c1-14(8-9-15-10-12-17(22-2)13-11-15)20-21-18(23)19-16-6-4-3-5-7-16/h10-13,16H,3-9H2,1-2H3,(H2,19,21,23)/b20-14-. The Labute approximate surface area is 144 Å². The van der Waals surface area contributed by atoms with E-state index in [1.807, 2.05) is 19.1 Å². The molecule has 2 N–H and O–H groups in total. The summed E-state index contributed by atoms with van der Waals surface area (Å²) in [5.41, 5.74) is 5.30. The zero-order chi connectivity index (χ0) is 16.5. The first-order valence-electron chi connectivity index (χ1n) is 8.40. The Balaban J connectivity index is 1.70. The minimum absolute atomic E-state index is 0.513. The van der Waals surface area contributed by atoms with Gasteiger partial charge in [0.1, 0.15) is 5.75 Å². The van der Waals surface area contributed by atoms with Crippen molar-refractivity contribution in [2.24, 2.45) is 5.10 Å². The lowest BCUT2D eigenvalue weighted by molar-refractivity contribution is 0.412. The van der Waals surface area contributed by atoms with Crippen molar-refractivity contribution in [3.05, 3.63) is 29.8 Å². The zero-order valence-corrected chi connectivity index (χ0v) is 14.9. The molecule has 1 aromatic carbocycles. The number of thiocarbonyl (C=S) groups is 1. The summed E-state index contributed by atoms with van der Waals surface area (Å²) in [6, 6.07) is 8.68. The first kappa shape index (κ1) is 17.7. The first-order valence-corrected chi connectivity index (χ1v) is 8.81. The molecule has 126 valence electrons. The third-order valence-electron chi connectivity index (χ3n) is 4.22. The summed E-state index contributed by atoms with van der Waals surface area (Å²) < 4.78 is 5.17. The molecular formula is C18H27N3OS. The molecule has 0 aliphatic heterocycles. The maximum Gasteiger partial charge on any atom is 0.187 e. The van der Waals surface area contributed by atoms with Crippen LogP contribution in [0.4, 0.5) is 0 Å². The highest BCUT2D eigenvalue weighted by molar-refractivity contribution is 7.80. The lowest BCUT2D eigenvalue weighted by Crippen LogP contribution is -2.41. The summed E-state index contributed by atoms with van der Waals surface area (Å²) in [6.45, 7) is 2.03. The summed E-state index contributed by atoms with van der Waals surface area (Å²) >= 11 is 5.32. The summed E-state index contributed by atoms with van der Waals surface area (Å²) in [4.78, 5) is 0. The molecule has 0 atom stereocenters. The predicted molar refractivity (Wildman–Crippen MR) is 100 cm³/mol. The minimum Gasteiger partial charge on any atom is -0.497 e. The van der Waals surface area contributed by atoms with Crippen molar-refractivity contribution < 1.29 is 4.74 Å². The van der Waals surface area contributed by atoms with E-state index >= 15 is 0 Å². The number of hydrogen-bond acceptors (Lipinski definition) is 3. The fourth-order valence-corrected chi connectivity index (χ4v) is 3.00. The minimum atomic E-state index is 0.513. The Bertz CT molecular complexity index is 522. The fraction of sp³-hybridized carbons (Fsp3) is 0.556. The second-order valence-electron chi connectivity index (χ2n) is 6.12. The third-order valence-corrected chi connectivity index (χ3v) is 4.43. The molecule has 0 spiro atoms. The largest absolute Gasteiger partial charge is 0.497 e. The molecule has 1 aliphatic rings. The quantitative estimate of drug-likeness (QED) is 0.472. The van der Waals surface area contributed by atoms with E-state index in [1.54, 1.807) is 7.11 Å². The summed E-state index contributed by atoms with van der Waals surface area (Å²) in [7, 11) is 1.68. The van der Waals surface area contributed by atoms with E-state index in [9.17, 15) is 0 Å². The van der Waals surface area contributed by atoms with E-state index in [0.717, 1.165) is 24.3 Å². The highest BCUT2D eigenvalue weighted by Crippen LogP contribution is 2.17. The number of methoxy groups -OCH3 is 1. The van der Waals surface area contributed by atoms with Crippen LogP contribution in [0.1, 0.15) is 51.0 Å². The van der Waals surface area contributed by atoms with Crippen LogP contribution in [0.3, 0.4) is 0 Å². The number of aryl methyl sites for hydroxylation is 1. The first-order chi connectivity index (χ1) is 11.2. The van der Waals surface area contributed by atoms with E-state index in [1.165, 1.54) is 37.7 Å². The molecule has 0 radical (unpaired) electrons. The Hall–Kier alpha value is -1.62. The smallest absolute Gasteiger partial charge is 0.187 e. The topological polar surface area (TPSA) is 45.6 Å². The van der Waals surface area contributed by atoms with E-state index in [4.69, 9.17) is 17.0 Å². The molecule has 2 rings (SSSR count). The van der Waals surface area contributed by atoms with Crippen LogP contribution in [0.25, 0.3) is 0 Å². The SMILES string of the molecule is COc1ccc(CC/C(C)=N\NC(=S)NC2CCCCC2)cc1. The van der Waals surface area contributed by atoms with Crippen LogP contribution in [0.15, 0.2) is 29.4 Å². The van der Waals surface area contributed by atoms with Crippen molar-refractivity contribution >= 4 is 23.0 Å². The maximum atomic E-state index is 5.32. The highest BCUT2D eigenvalue weighted by Gasteiger charge is 2.13. The van der Waals surface area contributed by atoms with Gasteiger partial charge in [-0.2, -0.15) is 5.10 Å². The molecule has 1 fully saturated rings. The van der Waals surface area contributed by atoms with Crippen LogP contribution >= 0.6 is 12.2 Å². The number of nitrogens with zero attached hydrogens (tertiary/aromatic N) is 1. The van der Waals surface area contributed by atoms with Crippen molar-refractivity contribution in [1.82, 2.24) is 10.7 Å². The van der Waals surface area contributed by atoms with Crippen molar-refractivity contribution in [3.63, 3.8) is 0 Å². The molecule has 1 aromatic rings. The van der Waals surface area contributed by atoms with Crippen molar-refractivity contribution in [2.75, 3.05) is 7.11 Å². The lowest BCUT2D eigenvalue weighted by atomic mass is 9.96. The van der Waals surface area contributed by atoms with Crippen LogP contribution in [0.5, 0.6) is 5.75 Å². The van der Waals surface area contributed by atoms with E-state index in [0.29, 0.717) is 11.2 Å². The van der Waals surface area contributed by atoms with Gasteiger partial charge in [0.05, 0.1) is 7.11 Å². The third kappa shape index (κ3) is 6.57. The van der Waals surface area contributed by atoms with Gasteiger partial charge >= 0.3 is 0 Å². The normalized spacial score (nSPS) is 16.0. The van der Waals surface area contributed by atoms with Crippen molar-refractivity contribution in [1.29, 1.82) is 0 Å². The van der Waals surface area contributed by atoms with Gasteiger partial charge in [-0.1, -0.05) is 31.4 Å². The predicted octanol–water partition coefficient (Wildman–Crippen LogP) is 3.80. The highest BCUT2D eigenvalue weighted by atomic mass is 32.1. The number of hydrazone groups is 1. The molecule has 4 nitrogen and oxygen atoms in total. The molecule has 0 unspecified atom stereocenters. The summed E-state index contributed by atoms with van der Waals surface area (Å²) in [6.07, 6.45) is 8.23. The summed E-state index contributed by atoms with van der Waals surface area (Å²) in [5.74, 6) is 0.889. The molecule has 0 saturated heterocycles. The van der Waals surface area contributed by atoms with E-state index in [-0.39, 0.29) is 0 Å². The average molecular weight is 334 g/mol. The maximum absolute atomic E-state index is 5.32. The number of nitrogens with one attached hydrogen (secondary N) is 2. The Morgan fingerprint density at radius 1 is 1.22 bits per heavy atom. The molecule has 1 saturated carbocycles. The van der Waals surface area contributed by atoms with E-state index in [2.05, 4.69) is 28.0 Å². The van der Waals surface area contributed by atoms with Gasteiger partial charge in [-0.25, -0.2) is 0 Å². The number of ether oxygens (including phenoxy) is 1. The van der Waals surface area contributed by atoms with Crippen molar-refractivity contribution in [3.8, 4) is 5.75 Å². The number of rotatable bonds is 6. The molecular weight excluding hydrogens is 306 g/mol. The van der Waals surface area contributed by atoms with Crippen LogP contribution in [0, 0.1) is 0 Å². The average Bonchev–Trinajstić information content (AvgIpc) is 2.59. The van der Waals surface area contributed by atoms with Gasteiger partial charge < -0.3 is 10.1 Å². The van der Waals surface area contributed by atoms with Crippen molar-refractivity contribution in [2.45, 2.75) is 57.9 Å². The second kappa shape index (κ2) is 9.50. The van der Waals surface area contributed by atoms with Gasteiger partial charge in [0.2, 0.25) is 0 Å². The van der Waals surface area contributed by atoms with Gasteiger partial charge in [0.15, 0.2) is 5.11 Å². The number of benzene rings is 1. The Morgan fingerprint density at radius 2 is 1.91 bits per heavy atom. The second-order valence-corrected chi connectivity index (χ2v) is 6.52. The lowest BCUT2D eigenvalue weighted by Gasteiger charge is -2.23. The van der Waals surface area contributed by atoms with Crippen LogP contribution < -0.4 is 15.5 Å². The van der Waals surface area contributed by atoms with Gasteiger partial charge in [0.25, 0.3) is 0 Å². The zero-order valence-electron chi connectivity index (χ0n) is 14.1. The molecule has 0 amide bonds. The van der Waals surface area contributed by atoms with Crippen LogP contribution in [0.2, 0.25) is 0 Å². The van der Waals surface area contributed by atoms with Crippen LogP contribution in [-0.2, 0) is 6.42 Å². The van der Waals surface area contributed by atoms with Gasteiger partial charge in [0, 0.05) is 11.8 Å². The molecule has 0 bridgehead atoms. The van der Waals surface area contributed by atoms with Gasteiger partial charge in [-0.3, -0.25) is 5.43 Å². The molecule has 1 aliphatic carbocycles. The summed E-state index contributed by atoms with van der Waals surface area (Å²) in [5, 5.41) is 8.38. The molecule has 23 heavy (non-hydrogen) atoms. The fourth-order valence-electron chi connectivity index (χ4n) is 2.78. The monoisotopic (exact) mass is 333 g/mol. The molecule has 5 heteroatoms. The molecule has 0 heterocycles. The van der Waals surface area contributed by atoms with Gasteiger partial charge in [-0.15, -0.1) is 0 Å². The van der Waals surface area contributed by atoms with Gasteiger partial charge in [-0.05, 0) is 62.5 Å². The molecule has 0 aromatic heterocycles. The Kier molecular flexibility index (Phi) is 7.33. The Morgan fingerprint density at radius 3 is 2.57 bits per heavy atom. The van der Waals surface area contributed by atoms with Crippen LogP contribution in [-0.4, -0.2) is 24.0 Å².